The van der Waals surface area contributed by atoms with Crippen molar-refractivity contribution in [2.24, 2.45) is 5.41 Å². The lowest BCUT2D eigenvalue weighted by atomic mass is 9.91. The van der Waals surface area contributed by atoms with Crippen molar-refractivity contribution >= 4 is 5.78 Å². The molecule has 94 valence electrons. The van der Waals surface area contributed by atoms with Gasteiger partial charge in [0.25, 0.3) is 0 Å². The minimum Gasteiger partial charge on any atom is -0.486 e. The molecule has 1 aromatic carbocycles. The molecular formula is C14H20O3. The standard InChI is InChI=1S/C14H20O3/c1-14(2,3)13(15)10-17-12-7-5-6-11(8-12)9-16-4/h5-8H,9-10H2,1-4H3. The van der Waals surface area contributed by atoms with Gasteiger partial charge in [0.15, 0.2) is 5.78 Å². The molecule has 0 aliphatic heterocycles. The SMILES string of the molecule is COCc1cccc(OCC(=O)C(C)(C)C)c1. The van der Waals surface area contributed by atoms with Gasteiger partial charge in [-0.3, -0.25) is 4.79 Å². The van der Waals surface area contributed by atoms with Gasteiger partial charge in [-0.1, -0.05) is 32.9 Å². The van der Waals surface area contributed by atoms with Crippen molar-refractivity contribution in [3.8, 4) is 5.75 Å². The highest BCUT2D eigenvalue weighted by molar-refractivity contribution is 5.85. The monoisotopic (exact) mass is 236 g/mol. The zero-order valence-electron chi connectivity index (χ0n) is 10.9. The minimum atomic E-state index is -0.357. The highest BCUT2D eigenvalue weighted by Crippen LogP contribution is 2.17. The molecule has 0 bridgehead atoms. The second-order valence-corrected chi connectivity index (χ2v) is 5.04. The smallest absolute Gasteiger partial charge is 0.175 e. The molecule has 0 radical (unpaired) electrons. The molecule has 3 heteroatoms. The van der Waals surface area contributed by atoms with Gasteiger partial charge < -0.3 is 9.47 Å². The molecule has 0 saturated heterocycles. The van der Waals surface area contributed by atoms with Crippen LogP contribution in [0.25, 0.3) is 0 Å². The fourth-order valence-corrected chi connectivity index (χ4v) is 1.26. The molecule has 0 aromatic heterocycles. The Kier molecular flexibility index (Phi) is 4.70. The number of carbonyl (C=O) groups excluding carboxylic acids is 1. The zero-order chi connectivity index (χ0) is 12.9. The van der Waals surface area contributed by atoms with Gasteiger partial charge in [0.05, 0.1) is 6.61 Å². The summed E-state index contributed by atoms with van der Waals surface area (Å²) < 4.78 is 10.5. The first-order valence-electron chi connectivity index (χ1n) is 5.67. The number of hydrogen-bond acceptors (Lipinski definition) is 3. The predicted octanol–water partition coefficient (Wildman–Crippen LogP) is 2.83. The largest absolute Gasteiger partial charge is 0.486 e. The molecule has 0 heterocycles. The first-order chi connectivity index (χ1) is 7.93. The van der Waals surface area contributed by atoms with Crippen LogP contribution in [0.3, 0.4) is 0 Å². The topological polar surface area (TPSA) is 35.5 Å². The number of hydrogen-bond donors (Lipinski definition) is 0. The van der Waals surface area contributed by atoms with Crippen molar-refractivity contribution in [1.29, 1.82) is 0 Å². The Morgan fingerprint density at radius 2 is 2.00 bits per heavy atom. The third kappa shape index (κ3) is 4.57. The van der Waals surface area contributed by atoms with E-state index in [-0.39, 0.29) is 17.8 Å². The molecule has 3 nitrogen and oxygen atoms in total. The number of rotatable bonds is 5. The Hall–Kier alpha value is -1.35. The summed E-state index contributed by atoms with van der Waals surface area (Å²) in [5.41, 5.74) is 0.678. The number of Topliss-reactive ketones (excluding diaryl/α,β-unsaturated/α-hetero) is 1. The average Bonchev–Trinajstić information content (AvgIpc) is 2.25. The second-order valence-electron chi connectivity index (χ2n) is 5.04. The molecule has 1 aromatic rings. The van der Waals surface area contributed by atoms with Crippen molar-refractivity contribution in [2.45, 2.75) is 27.4 Å². The summed E-state index contributed by atoms with van der Waals surface area (Å²) in [6.45, 7) is 6.32. The number of ketones is 1. The molecule has 0 amide bonds. The van der Waals surface area contributed by atoms with Crippen molar-refractivity contribution < 1.29 is 14.3 Å². The van der Waals surface area contributed by atoms with E-state index in [4.69, 9.17) is 9.47 Å². The average molecular weight is 236 g/mol. The van der Waals surface area contributed by atoms with Crippen LogP contribution in [0.2, 0.25) is 0 Å². The molecule has 0 aliphatic carbocycles. The van der Waals surface area contributed by atoms with Crippen LogP contribution in [-0.4, -0.2) is 19.5 Å². The second kappa shape index (κ2) is 5.82. The maximum absolute atomic E-state index is 11.7. The summed E-state index contributed by atoms with van der Waals surface area (Å²) in [4.78, 5) is 11.7. The van der Waals surface area contributed by atoms with E-state index < -0.39 is 0 Å². The highest BCUT2D eigenvalue weighted by atomic mass is 16.5. The van der Waals surface area contributed by atoms with Crippen LogP contribution in [0.15, 0.2) is 24.3 Å². The van der Waals surface area contributed by atoms with E-state index in [1.54, 1.807) is 7.11 Å². The molecule has 0 spiro atoms. The van der Waals surface area contributed by atoms with Crippen LogP contribution in [0.4, 0.5) is 0 Å². The molecule has 1 rings (SSSR count). The van der Waals surface area contributed by atoms with E-state index in [9.17, 15) is 4.79 Å². The number of benzene rings is 1. The molecule has 0 atom stereocenters. The van der Waals surface area contributed by atoms with Crippen molar-refractivity contribution in [3.05, 3.63) is 29.8 Å². The van der Waals surface area contributed by atoms with E-state index >= 15 is 0 Å². The third-order valence-corrected chi connectivity index (χ3v) is 2.42. The Balaban J connectivity index is 2.57. The Labute approximate surface area is 103 Å². The van der Waals surface area contributed by atoms with Crippen molar-refractivity contribution in [1.82, 2.24) is 0 Å². The van der Waals surface area contributed by atoms with Gasteiger partial charge >= 0.3 is 0 Å². The summed E-state index contributed by atoms with van der Waals surface area (Å²) in [5, 5.41) is 0. The van der Waals surface area contributed by atoms with Gasteiger partial charge in [0.1, 0.15) is 12.4 Å². The van der Waals surface area contributed by atoms with Crippen LogP contribution >= 0.6 is 0 Å². The third-order valence-electron chi connectivity index (χ3n) is 2.42. The number of carbonyl (C=O) groups is 1. The van der Waals surface area contributed by atoms with Crippen LogP contribution in [-0.2, 0) is 16.1 Å². The lowest BCUT2D eigenvalue weighted by Gasteiger charge is -2.16. The Morgan fingerprint density at radius 1 is 1.29 bits per heavy atom. The van der Waals surface area contributed by atoms with Gasteiger partial charge in [-0.05, 0) is 17.7 Å². The summed E-state index contributed by atoms with van der Waals surface area (Å²) in [6.07, 6.45) is 0. The molecule has 0 unspecified atom stereocenters. The maximum atomic E-state index is 11.7. The normalized spacial score (nSPS) is 11.3. The van der Waals surface area contributed by atoms with Gasteiger partial charge in [-0.25, -0.2) is 0 Å². The van der Waals surface area contributed by atoms with Crippen LogP contribution in [0.5, 0.6) is 5.75 Å². The van der Waals surface area contributed by atoms with E-state index in [2.05, 4.69) is 0 Å². The van der Waals surface area contributed by atoms with Gasteiger partial charge in [0.2, 0.25) is 0 Å². The lowest BCUT2D eigenvalue weighted by Crippen LogP contribution is -2.26. The Bertz CT molecular complexity index is 377. The lowest BCUT2D eigenvalue weighted by molar-refractivity contribution is -0.128. The summed E-state index contributed by atoms with van der Waals surface area (Å²) in [5.74, 6) is 0.798. The van der Waals surface area contributed by atoms with Crippen molar-refractivity contribution in [2.75, 3.05) is 13.7 Å². The summed E-state index contributed by atoms with van der Waals surface area (Å²) in [6, 6.07) is 7.59. The first kappa shape index (κ1) is 13.7. The minimum absolute atomic E-state index is 0.0923. The molecule has 0 N–H and O–H groups in total. The highest BCUT2D eigenvalue weighted by Gasteiger charge is 2.21. The number of methoxy groups -OCH3 is 1. The van der Waals surface area contributed by atoms with E-state index in [1.165, 1.54) is 0 Å². The quantitative estimate of drug-likeness (QED) is 0.788. The van der Waals surface area contributed by atoms with Gasteiger partial charge in [-0.15, -0.1) is 0 Å². The fourth-order valence-electron chi connectivity index (χ4n) is 1.26. The van der Waals surface area contributed by atoms with Crippen LogP contribution in [0.1, 0.15) is 26.3 Å². The predicted molar refractivity (Wildman–Crippen MR) is 67.1 cm³/mol. The molecule has 0 saturated carbocycles. The Morgan fingerprint density at radius 3 is 2.59 bits per heavy atom. The molecule has 0 fully saturated rings. The molecular weight excluding hydrogens is 216 g/mol. The van der Waals surface area contributed by atoms with Gasteiger partial charge in [0, 0.05) is 12.5 Å². The van der Waals surface area contributed by atoms with Gasteiger partial charge in [-0.2, -0.15) is 0 Å². The summed E-state index contributed by atoms with van der Waals surface area (Å²) in [7, 11) is 1.65. The first-order valence-corrected chi connectivity index (χ1v) is 5.67. The maximum Gasteiger partial charge on any atom is 0.175 e. The fraction of sp³-hybridized carbons (Fsp3) is 0.500. The molecule has 17 heavy (non-hydrogen) atoms. The van der Waals surface area contributed by atoms with E-state index in [0.717, 1.165) is 5.56 Å². The van der Waals surface area contributed by atoms with E-state index in [0.29, 0.717) is 12.4 Å². The molecule has 0 aliphatic rings. The van der Waals surface area contributed by atoms with Crippen molar-refractivity contribution in [3.63, 3.8) is 0 Å². The summed E-state index contributed by atoms with van der Waals surface area (Å²) >= 11 is 0. The van der Waals surface area contributed by atoms with Crippen LogP contribution < -0.4 is 4.74 Å². The number of ether oxygens (including phenoxy) is 2. The van der Waals surface area contributed by atoms with E-state index in [1.807, 2.05) is 45.0 Å². The zero-order valence-corrected chi connectivity index (χ0v) is 10.9. The van der Waals surface area contributed by atoms with Crippen LogP contribution in [0, 0.1) is 5.41 Å².